The van der Waals surface area contributed by atoms with Gasteiger partial charge in [-0.05, 0) is 18.4 Å². The molecule has 3 heteroatoms. The zero-order chi connectivity index (χ0) is 8.97. The molecule has 0 bridgehead atoms. The van der Waals surface area contributed by atoms with Crippen LogP contribution in [-0.4, -0.2) is 12.9 Å². The van der Waals surface area contributed by atoms with Crippen LogP contribution in [0.5, 0.6) is 0 Å². The van der Waals surface area contributed by atoms with Crippen LogP contribution in [0.3, 0.4) is 0 Å². The first kappa shape index (κ1) is 9.71. The number of rotatable bonds is 4. The van der Waals surface area contributed by atoms with Gasteiger partial charge >= 0.3 is 0 Å². The summed E-state index contributed by atoms with van der Waals surface area (Å²) in [7, 11) is 0. The molecule has 0 amide bonds. The lowest BCUT2D eigenvalue weighted by Crippen LogP contribution is -2.10. The summed E-state index contributed by atoms with van der Waals surface area (Å²) in [6.07, 6.45) is -0.910. The SMILES string of the molecule is CC([O])OCC(C)c1cccs1. The van der Waals surface area contributed by atoms with E-state index in [4.69, 9.17) is 4.74 Å². The quantitative estimate of drug-likeness (QED) is 0.663. The van der Waals surface area contributed by atoms with Gasteiger partial charge in [-0.2, -0.15) is 0 Å². The largest absolute Gasteiger partial charge is 0.349 e. The van der Waals surface area contributed by atoms with Crippen LogP contribution in [0.2, 0.25) is 0 Å². The Morgan fingerprint density at radius 1 is 1.58 bits per heavy atom. The van der Waals surface area contributed by atoms with E-state index in [9.17, 15) is 5.11 Å². The topological polar surface area (TPSA) is 29.1 Å². The molecule has 1 aromatic heterocycles. The number of thiophene rings is 1. The van der Waals surface area contributed by atoms with Crippen molar-refractivity contribution >= 4 is 11.3 Å². The van der Waals surface area contributed by atoms with Gasteiger partial charge in [0.15, 0.2) is 6.29 Å². The van der Waals surface area contributed by atoms with Crippen molar-refractivity contribution in [1.82, 2.24) is 0 Å². The maximum absolute atomic E-state index is 10.6. The van der Waals surface area contributed by atoms with Gasteiger partial charge in [0.25, 0.3) is 0 Å². The zero-order valence-electron chi connectivity index (χ0n) is 7.32. The summed E-state index contributed by atoms with van der Waals surface area (Å²) in [5.41, 5.74) is 0. The fourth-order valence-corrected chi connectivity index (χ4v) is 1.71. The molecule has 0 saturated heterocycles. The van der Waals surface area contributed by atoms with Gasteiger partial charge in [0.1, 0.15) is 0 Å². The molecule has 67 valence electrons. The van der Waals surface area contributed by atoms with Crippen molar-refractivity contribution in [3.63, 3.8) is 0 Å². The van der Waals surface area contributed by atoms with Crippen molar-refractivity contribution in [1.29, 1.82) is 0 Å². The van der Waals surface area contributed by atoms with E-state index in [1.807, 2.05) is 11.4 Å². The molecule has 1 aromatic rings. The van der Waals surface area contributed by atoms with E-state index in [0.717, 1.165) is 0 Å². The maximum atomic E-state index is 10.6. The molecule has 2 atom stereocenters. The molecule has 1 radical (unpaired) electrons. The standard InChI is InChI=1S/C9H13O2S/c1-7(6-11-8(2)10)9-4-3-5-12-9/h3-5,7-8H,6H2,1-2H3. The summed E-state index contributed by atoms with van der Waals surface area (Å²) in [6, 6.07) is 4.07. The van der Waals surface area contributed by atoms with Gasteiger partial charge in [-0.3, -0.25) is 0 Å². The average Bonchev–Trinajstić information content (AvgIpc) is 2.51. The summed E-state index contributed by atoms with van der Waals surface area (Å²) in [5, 5.41) is 12.6. The Bertz CT molecular complexity index is 206. The van der Waals surface area contributed by atoms with Gasteiger partial charge in [-0.1, -0.05) is 13.0 Å². The predicted molar refractivity (Wildman–Crippen MR) is 48.8 cm³/mol. The molecule has 0 fully saturated rings. The first-order valence-electron chi connectivity index (χ1n) is 4.01. The highest BCUT2D eigenvalue weighted by atomic mass is 32.1. The molecular formula is C9H13O2S. The minimum absolute atomic E-state index is 0.335. The van der Waals surface area contributed by atoms with Crippen LogP contribution < -0.4 is 0 Å². The summed E-state index contributed by atoms with van der Waals surface area (Å²) in [4.78, 5) is 1.27. The van der Waals surface area contributed by atoms with E-state index in [-0.39, 0.29) is 0 Å². The van der Waals surface area contributed by atoms with Crippen LogP contribution in [0.25, 0.3) is 0 Å². The second kappa shape index (κ2) is 4.60. The molecule has 2 nitrogen and oxygen atoms in total. The van der Waals surface area contributed by atoms with Gasteiger partial charge in [-0.15, -0.1) is 11.3 Å². The minimum Gasteiger partial charge on any atom is -0.349 e. The van der Waals surface area contributed by atoms with Crippen LogP contribution in [0, 0.1) is 0 Å². The fraction of sp³-hybridized carbons (Fsp3) is 0.556. The van der Waals surface area contributed by atoms with Gasteiger partial charge in [0.05, 0.1) is 6.61 Å². The highest BCUT2D eigenvalue weighted by molar-refractivity contribution is 7.10. The monoisotopic (exact) mass is 185 g/mol. The fourth-order valence-electron chi connectivity index (χ4n) is 0.934. The predicted octanol–water partition coefficient (Wildman–Crippen LogP) is 2.64. The Labute approximate surface area is 76.8 Å². The van der Waals surface area contributed by atoms with E-state index in [2.05, 4.69) is 13.0 Å². The Morgan fingerprint density at radius 2 is 2.33 bits per heavy atom. The summed E-state index contributed by atoms with van der Waals surface area (Å²) in [5.74, 6) is 0.335. The van der Waals surface area contributed by atoms with Gasteiger partial charge in [0, 0.05) is 10.8 Å². The third-order valence-corrected chi connectivity index (χ3v) is 2.71. The minimum atomic E-state index is -0.910. The third kappa shape index (κ3) is 2.93. The van der Waals surface area contributed by atoms with Gasteiger partial charge in [-0.25, -0.2) is 5.11 Å². The van der Waals surface area contributed by atoms with Gasteiger partial charge in [0.2, 0.25) is 0 Å². The lowest BCUT2D eigenvalue weighted by atomic mass is 10.1. The molecule has 12 heavy (non-hydrogen) atoms. The summed E-state index contributed by atoms with van der Waals surface area (Å²) < 4.78 is 4.98. The summed E-state index contributed by atoms with van der Waals surface area (Å²) >= 11 is 1.70. The average molecular weight is 185 g/mol. The van der Waals surface area contributed by atoms with Crippen LogP contribution in [0.4, 0.5) is 0 Å². The molecule has 0 spiro atoms. The molecule has 0 aliphatic carbocycles. The molecular weight excluding hydrogens is 172 g/mol. The van der Waals surface area contributed by atoms with Crippen molar-refractivity contribution in [2.75, 3.05) is 6.61 Å². The lowest BCUT2D eigenvalue weighted by Gasteiger charge is -2.10. The van der Waals surface area contributed by atoms with E-state index < -0.39 is 6.29 Å². The Hall–Kier alpha value is -0.380. The second-order valence-corrected chi connectivity index (χ2v) is 3.80. The van der Waals surface area contributed by atoms with E-state index >= 15 is 0 Å². The van der Waals surface area contributed by atoms with Crippen molar-refractivity contribution in [2.24, 2.45) is 0 Å². The summed E-state index contributed by atoms with van der Waals surface area (Å²) in [6.45, 7) is 4.10. The highest BCUT2D eigenvalue weighted by Gasteiger charge is 2.07. The van der Waals surface area contributed by atoms with E-state index in [1.54, 1.807) is 11.3 Å². The van der Waals surface area contributed by atoms with Gasteiger partial charge < -0.3 is 4.74 Å². The van der Waals surface area contributed by atoms with E-state index in [1.165, 1.54) is 11.8 Å². The van der Waals surface area contributed by atoms with Crippen LogP contribution in [0.1, 0.15) is 24.6 Å². The molecule has 0 aliphatic rings. The first-order valence-corrected chi connectivity index (χ1v) is 4.89. The smallest absolute Gasteiger partial charge is 0.188 e. The number of ether oxygens (including phenoxy) is 1. The Kier molecular flexibility index (Phi) is 3.72. The van der Waals surface area contributed by atoms with Crippen molar-refractivity contribution < 1.29 is 9.84 Å². The number of hydrogen-bond acceptors (Lipinski definition) is 2. The Morgan fingerprint density at radius 3 is 2.83 bits per heavy atom. The molecule has 0 saturated carbocycles. The molecule has 0 N–H and O–H groups in total. The molecule has 0 aromatic carbocycles. The molecule has 0 aliphatic heterocycles. The molecule has 1 rings (SSSR count). The van der Waals surface area contributed by atoms with E-state index in [0.29, 0.717) is 12.5 Å². The van der Waals surface area contributed by atoms with Crippen LogP contribution in [0.15, 0.2) is 17.5 Å². The lowest BCUT2D eigenvalue weighted by molar-refractivity contribution is -0.129. The Balaban J connectivity index is 2.34. The molecule has 1 heterocycles. The second-order valence-electron chi connectivity index (χ2n) is 2.82. The third-order valence-electron chi connectivity index (χ3n) is 1.61. The first-order chi connectivity index (χ1) is 5.70. The normalized spacial score (nSPS) is 15.9. The van der Waals surface area contributed by atoms with Crippen LogP contribution in [-0.2, 0) is 9.84 Å². The zero-order valence-corrected chi connectivity index (χ0v) is 8.14. The van der Waals surface area contributed by atoms with Crippen molar-refractivity contribution in [3.05, 3.63) is 22.4 Å². The maximum Gasteiger partial charge on any atom is 0.188 e. The number of hydrogen-bond donors (Lipinski definition) is 0. The molecule has 2 unspecified atom stereocenters. The highest BCUT2D eigenvalue weighted by Crippen LogP contribution is 2.20. The van der Waals surface area contributed by atoms with Crippen LogP contribution >= 0.6 is 11.3 Å². The van der Waals surface area contributed by atoms with Crippen molar-refractivity contribution in [2.45, 2.75) is 26.1 Å². The van der Waals surface area contributed by atoms with Crippen molar-refractivity contribution in [3.8, 4) is 0 Å².